The summed E-state index contributed by atoms with van der Waals surface area (Å²) < 4.78 is 65.9. The second kappa shape index (κ2) is 12.7. The van der Waals surface area contributed by atoms with Crippen LogP contribution in [0.5, 0.6) is 0 Å². The number of amides is 2. The molecule has 2 saturated heterocycles. The van der Waals surface area contributed by atoms with Crippen molar-refractivity contribution in [3.05, 3.63) is 62.5 Å². The number of piperidine rings is 2. The van der Waals surface area contributed by atoms with Crippen LogP contribution in [-0.4, -0.2) is 70.9 Å². The van der Waals surface area contributed by atoms with Crippen molar-refractivity contribution >= 4 is 43.7 Å². The number of rotatable bonds is 6. The summed E-state index contributed by atoms with van der Waals surface area (Å²) in [6.07, 6.45) is 0.966. The van der Waals surface area contributed by atoms with E-state index in [1.54, 1.807) is 24.1 Å². The Morgan fingerprint density at radius 3 is 2.47 bits per heavy atom. The van der Waals surface area contributed by atoms with Gasteiger partial charge in [-0.15, -0.1) is 0 Å². The molecule has 0 aliphatic carbocycles. The lowest BCUT2D eigenvalue weighted by molar-refractivity contribution is -0.133. The van der Waals surface area contributed by atoms with Crippen LogP contribution in [0, 0.1) is 0 Å². The number of carbonyl (C=O) groups excluding carboxylic acids is 2. The van der Waals surface area contributed by atoms with Gasteiger partial charge in [0.05, 0.1) is 11.1 Å². The molecule has 2 amide bonds. The number of pyridine rings is 1. The third-order valence-electron chi connectivity index (χ3n) is 6.21. The predicted octanol–water partition coefficient (Wildman–Crippen LogP) is 5.97. The summed E-state index contributed by atoms with van der Waals surface area (Å²) in [5, 5.41) is 3.23. The lowest BCUT2D eigenvalue weighted by atomic mass is 10.0. The molecule has 0 aromatic carbocycles. The van der Waals surface area contributed by atoms with Crippen molar-refractivity contribution in [2.45, 2.75) is 50.7 Å². The highest BCUT2D eigenvalue weighted by molar-refractivity contribution is 9.12. The molecule has 3 rings (SSSR count). The molecule has 2 fully saturated rings. The number of hydrogen-bond acceptors (Lipinski definition) is 4. The molecule has 1 aromatic heterocycles. The van der Waals surface area contributed by atoms with Crippen LogP contribution in [0.2, 0.25) is 0 Å². The van der Waals surface area contributed by atoms with E-state index in [0.717, 1.165) is 6.08 Å². The molecule has 1 N–H and O–H groups in total. The number of nitrogens with zero attached hydrogens (tertiary/aromatic N) is 3. The van der Waals surface area contributed by atoms with Crippen molar-refractivity contribution in [2.75, 3.05) is 26.2 Å². The van der Waals surface area contributed by atoms with Gasteiger partial charge in [0.25, 0.3) is 17.7 Å². The first kappa shape index (κ1) is 30.3. The molecule has 1 atom stereocenters. The number of alkyl halides is 5. The average molecular weight is 670 g/mol. The molecule has 2 aliphatic rings. The van der Waals surface area contributed by atoms with Crippen molar-refractivity contribution in [2.24, 2.45) is 0 Å². The first-order chi connectivity index (χ1) is 17.7. The first-order valence-electron chi connectivity index (χ1n) is 11.9. The third-order valence-corrected chi connectivity index (χ3v) is 7.14. The van der Waals surface area contributed by atoms with Crippen molar-refractivity contribution < 1.29 is 31.5 Å². The minimum absolute atomic E-state index is 0.00994. The summed E-state index contributed by atoms with van der Waals surface area (Å²) in [5.74, 6) is -3.62. The van der Waals surface area contributed by atoms with E-state index in [4.69, 9.17) is 0 Å². The monoisotopic (exact) mass is 668 g/mol. The zero-order valence-electron chi connectivity index (χ0n) is 20.5. The molecule has 0 saturated carbocycles. The third kappa shape index (κ3) is 8.89. The Morgan fingerprint density at radius 2 is 1.84 bits per heavy atom. The Hall–Kier alpha value is -2.28. The normalized spacial score (nSPS) is 21.4. The maximum absolute atomic E-state index is 13.6. The lowest BCUT2D eigenvalue weighted by Crippen LogP contribution is -2.48. The summed E-state index contributed by atoms with van der Waals surface area (Å²) in [4.78, 5) is 33.3. The highest BCUT2D eigenvalue weighted by Crippen LogP contribution is 2.29. The van der Waals surface area contributed by atoms with Gasteiger partial charge in [-0.3, -0.25) is 14.6 Å². The molecule has 0 unspecified atom stereocenters. The molecular formula is C25H27Br2F5N4O2. The van der Waals surface area contributed by atoms with E-state index in [9.17, 15) is 31.5 Å². The summed E-state index contributed by atoms with van der Waals surface area (Å²) in [6, 6.07) is 1.44. The Balaban J connectivity index is 1.82. The van der Waals surface area contributed by atoms with Gasteiger partial charge in [0.1, 0.15) is 0 Å². The molecule has 1 aromatic rings. The van der Waals surface area contributed by atoms with Gasteiger partial charge in [-0.25, -0.2) is 8.78 Å². The maximum Gasteiger partial charge on any atom is 0.409 e. The van der Waals surface area contributed by atoms with Gasteiger partial charge in [-0.05, 0) is 53.9 Å². The summed E-state index contributed by atoms with van der Waals surface area (Å²) in [6.45, 7) is 2.14. The zero-order valence-corrected chi connectivity index (χ0v) is 23.7. The molecule has 0 spiro atoms. The van der Waals surface area contributed by atoms with E-state index in [2.05, 4.69) is 42.2 Å². The maximum atomic E-state index is 13.6. The van der Waals surface area contributed by atoms with Crippen LogP contribution in [0.3, 0.4) is 0 Å². The summed E-state index contributed by atoms with van der Waals surface area (Å²) >= 11 is 6.36. The van der Waals surface area contributed by atoms with Crippen LogP contribution in [0.15, 0.2) is 56.9 Å². The minimum atomic E-state index is -4.55. The number of likely N-dealkylation sites (tertiary alicyclic amines) is 2. The van der Waals surface area contributed by atoms with E-state index in [1.807, 2.05) is 0 Å². The topological polar surface area (TPSA) is 65.5 Å². The molecule has 208 valence electrons. The average Bonchev–Trinajstić information content (AvgIpc) is 2.85. The Kier molecular flexibility index (Phi) is 10.1. The minimum Gasteiger partial charge on any atom is -0.383 e. The molecular weight excluding hydrogens is 643 g/mol. The Morgan fingerprint density at radius 1 is 1.16 bits per heavy atom. The standard InChI is InChI=1S/C25H27Br2F5N4O2/c1-16(34-20-3-2-8-36(15-20)22(37)17-11-19(27)14-33-13-17)21(12-18(26)4-5-25(30,31)32)23(38)35-9-6-24(28,29)7-10-35/h4-5,11-14,20,34H,2-3,6-10,15H2,1H3/b5-4+,18-12+,21-16-/t20-/m1/s1. The highest BCUT2D eigenvalue weighted by atomic mass is 79.9. The lowest BCUT2D eigenvalue weighted by Gasteiger charge is -2.35. The molecule has 6 nitrogen and oxygen atoms in total. The first-order valence-corrected chi connectivity index (χ1v) is 13.5. The fraction of sp³-hybridized carbons (Fsp3) is 0.480. The summed E-state index contributed by atoms with van der Waals surface area (Å²) in [7, 11) is 0. The molecule has 0 radical (unpaired) electrons. The Labute approximate surface area is 234 Å². The van der Waals surface area contributed by atoms with Gasteiger partial charge < -0.3 is 15.1 Å². The van der Waals surface area contributed by atoms with Crippen LogP contribution in [0.25, 0.3) is 0 Å². The van der Waals surface area contributed by atoms with Crippen LogP contribution >= 0.6 is 31.9 Å². The van der Waals surface area contributed by atoms with E-state index < -0.39 is 30.8 Å². The number of carbonyl (C=O) groups is 2. The number of hydrogen-bond donors (Lipinski definition) is 1. The number of nitrogens with one attached hydrogen (secondary N) is 1. The SMILES string of the molecule is C\C(N[C@@H]1CCCN(C(=O)c2cncc(Br)c2)C1)=C(/C=C(Br)\C=C\C(F)(F)F)C(=O)N1CCC(F)(F)CC1. The van der Waals surface area contributed by atoms with Crippen LogP contribution in [-0.2, 0) is 4.79 Å². The number of halogens is 7. The zero-order chi connectivity index (χ0) is 28.1. The van der Waals surface area contributed by atoms with Crippen molar-refractivity contribution in [1.82, 2.24) is 20.1 Å². The van der Waals surface area contributed by atoms with Gasteiger partial charge in [0, 0.05) is 78.2 Å². The molecule has 13 heteroatoms. The molecule has 3 heterocycles. The van der Waals surface area contributed by atoms with Crippen molar-refractivity contribution in [1.29, 1.82) is 0 Å². The molecule has 2 aliphatic heterocycles. The summed E-state index contributed by atoms with van der Waals surface area (Å²) in [5.41, 5.74) is 0.843. The van der Waals surface area contributed by atoms with E-state index in [0.29, 0.717) is 41.7 Å². The molecule has 38 heavy (non-hydrogen) atoms. The number of allylic oxidation sites excluding steroid dienone is 4. The second-order valence-electron chi connectivity index (χ2n) is 9.22. The number of aromatic nitrogens is 1. The van der Waals surface area contributed by atoms with Gasteiger partial charge >= 0.3 is 6.18 Å². The highest BCUT2D eigenvalue weighted by Gasteiger charge is 2.36. The van der Waals surface area contributed by atoms with Crippen LogP contribution in [0.4, 0.5) is 22.0 Å². The van der Waals surface area contributed by atoms with E-state index in [1.165, 1.54) is 17.2 Å². The van der Waals surface area contributed by atoms with Crippen molar-refractivity contribution in [3.63, 3.8) is 0 Å². The predicted molar refractivity (Wildman–Crippen MR) is 140 cm³/mol. The fourth-order valence-corrected chi connectivity index (χ4v) is 5.00. The smallest absolute Gasteiger partial charge is 0.383 e. The van der Waals surface area contributed by atoms with Crippen LogP contribution < -0.4 is 5.32 Å². The van der Waals surface area contributed by atoms with E-state index >= 15 is 0 Å². The fourth-order valence-electron chi connectivity index (χ4n) is 4.27. The quantitative estimate of drug-likeness (QED) is 0.231. The van der Waals surface area contributed by atoms with Crippen LogP contribution in [0.1, 0.15) is 43.0 Å². The van der Waals surface area contributed by atoms with Gasteiger partial charge in [-0.1, -0.05) is 15.9 Å². The van der Waals surface area contributed by atoms with Gasteiger partial charge in [0.15, 0.2) is 0 Å². The van der Waals surface area contributed by atoms with Gasteiger partial charge in [-0.2, -0.15) is 13.2 Å². The second-order valence-corrected chi connectivity index (χ2v) is 11.0. The van der Waals surface area contributed by atoms with E-state index in [-0.39, 0.29) is 41.2 Å². The largest absolute Gasteiger partial charge is 0.409 e. The Bertz CT molecular complexity index is 1130. The molecule has 0 bridgehead atoms. The van der Waals surface area contributed by atoms with Crippen molar-refractivity contribution in [3.8, 4) is 0 Å². The van der Waals surface area contributed by atoms with Gasteiger partial charge in [0.2, 0.25) is 0 Å².